The Morgan fingerprint density at radius 1 is 0.806 bits per heavy atom. The Morgan fingerprint density at radius 3 is 2.10 bits per heavy atom. The van der Waals surface area contributed by atoms with Gasteiger partial charge in [0.05, 0.1) is 0 Å². The van der Waals surface area contributed by atoms with Crippen LogP contribution in [0, 0.1) is 0 Å². The maximum atomic E-state index is 11.8. The van der Waals surface area contributed by atoms with Crippen LogP contribution in [0.25, 0.3) is 0 Å². The lowest BCUT2D eigenvalue weighted by Gasteiger charge is -2.37. The van der Waals surface area contributed by atoms with Crippen LogP contribution in [0.1, 0.15) is 84.0 Å². The molecule has 7 nitrogen and oxygen atoms in total. The van der Waals surface area contributed by atoms with Gasteiger partial charge in [-0.3, -0.25) is 4.79 Å². The number of carbonyl (C=O) groups is 1. The van der Waals surface area contributed by atoms with Gasteiger partial charge in [0.25, 0.3) is 0 Å². The minimum Gasteiger partial charge on any atom is -0.463 e. The molecule has 0 aromatic heterocycles. The third kappa shape index (κ3) is 12.4. The molecule has 1 saturated heterocycles. The highest BCUT2D eigenvalue weighted by molar-refractivity contribution is 5.69. The number of hydrogen-bond donors (Lipinski definition) is 4. The summed E-state index contributed by atoms with van der Waals surface area (Å²) in [6, 6.07) is 0. The molecule has 4 N–H and O–H groups in total. The molecule has 0 spiro atoms. The molecule has 0 saturated carbocycles. The van der Waals surface area contributed by atoms with Crippen LogP contribution in [0.4, 0.5) is 0 Å². The fraction of sp³-hybridized carbons (Fsp3) is 0.792. The van der Waals surface area contributed by atoms with Gasteiger partial charge in [0, 0.05) is 6.42 Å². The van der Waals surface area contributed by atoms with Gasteiger partial charge >= 0.3 is 5.97 Å². The van der Waals surface area contributed by atoms with Crippen LogP contribution >= 0.6 is 0 Å². The maximum Gasteiger partial charge on any atom is 0.305 e. The minimum absolute atomic E-state index is 0.277. The number of allylic oxidation sites excluding steroid dienone is 4. The summed E-state index contributed by atoms with van der Waals surface area (Å²) in [6.07, 6.45) is 14.2. The van der Waals surface area contributed by atoms with Crippen molar-refractivity contribution in [3.8, 4) is 0 Å². The van der Waals surface area contributed by atoms with Crippen molar-refractivity contribution in [3.05, 3.63) is 24.3 Å². The monoisotopic (exact) mass is 442 g/mol. The summed E-state index contributed by atoms with van der Waals surface area (Å²) in [5, 5.41) is 38.3. The van der Waals surface area contributed by atoms with E-state index in [1.165, 1.54) is 25.7 Å². The molecule has 0 amide bonds. The Labute approximate surface area is 186 Å². The first-order chi connectivity index (χ1) is 15.0. The van der Waals surface area contributed by atoms with Gasteiger partial charge < -0.3 is 29.9 Å². The number of carbonyl (C=O) groups excluding carboxylic acids is 1. The van der Waals surface area contributed by atoms with Gasteiger partial charge in [0.2, 0.25) is 0 Å². The van der Waals surface area contributed by atoms with Crippen molar-refractivity contribution >= 4 is 5.97 Å². The molecule has 1 aliphatic rings. The number of unbranched alkanes of at least 4 members (excludes halogenated alkanes) is 8. The molecule has 1 rings (SSSR count). The van der Waals surface area contributed by atoms with E-state index >= 15 is 0 Å². The van der Waals surface area contributed by atoms with Crippen LogP contribution in [-0.4, -0.2) is 63.7 Å². The first-order valence-electron chi connectivity index (χ1n) is 11.8. The summed E-state index contributed by atoms with van der Waals surface area (Å²) < 4.78 is 10.0. The third-order valence-electron chi connectivity index (χ3n) is 5.43. The molecule has 180 valence electrons. The number of esters is 1. The Balaban J connectivity index is 1.96. The Morgan fingerprint density at radius 2 is 1.42 bits per heavy atom. The summed E-state index contributed by atoms with van der Waals surface area (Å²) in [5.74, 6) is -0.406. The first kappa shape index (κ1) is 27.8. The quantitative estimate of drug-likeness (QED) is 0.165. The van der Waals surface area contributed by atoms with E-state index in [0.717, 1.165) is 44.9 Å². The SMILES string of the molecule is CCCCCC=CCC=CCCCCCCCC(=O)OCC1OC(O)C(O)C(O)C1O. The number of aliphatic hydroxyl groups excluding tert-OH is 4. The van der Waals surface area contributed by atoms with Gasteiger partial charge in [0.1, 0.15) is 31.0 Å². The molecule has 1 aliphatic heterocycles. The average molecular weight is 443 g/mol. The van der Waals surface area contributed by atoms with Crippen LogP contribution in [-0.2, 0) is 14.3 Å². The molecule has 0 bridgehead atoms. The van der Waals surface area contributed by atoms with Crippen LogP contribution in [0.5, 0.6) is 0 Å². The first-order valence-corrected chi connectivity index (χ1v) is 11.8. The molecule has 0 aromatic rings. The fourth-order valence-corrected chi connectivity index (χ4v) is 3.40. The lowest BCUT2D eigenvalue weighted by molar-refractivity contribution is -0.287. The maximum absolute atomic E-state index is 11.8. The van der Waals surface area contributed by atoms with Crippen molar-refractivity contribution in [1.29, 1.82) is 0 Å². The summed E-state index contributed by atoms with van der Waals surface area (Å²) in [5.41, 5.74) is 0. The predicted molar refractivity (Wildman–Crippen MR) is 119 cm³/mol. The summed E-state index contributed by atoms with van der Waals surface area (Å²) in [6.45, 7) is 1.94. The van der Waals surface area contributed by atoms with Gasteiger partial charge in [-0.05, 0) is 38.5 Å². The van der Waals surface area contributed by atoms with E-state index < -0.39 is 36.7 Å². The molecule has 0 aliphatic carbocycles. The lowest BCUT2D eigenvalue weighted by atomic mass is 9.99. The second kappa shape index (κ2) is 17.3. The van der Waals surface area contributed by atoms with E-state index in [1.54, 1.807) is 0 Å². The molecule has 1 fully saturated rings. The molecule has 1 heterocycles. The zero-order valence-corrected chi connectivity index (χ0v) is 18.9. The van der Waals surface area contributed by atoms with Crippen molar-refractivity contribution in [1.82, 2.24) is 0 Å². The van der Waals surface area contributed by atoms with Crippen molar-refractivity contribution < 1.29 is 34.7 Å². The van der Waals surface area contributed by atoms with Gasteiger partial charge in [-0.25, -0.2) is 0 Å². The zero-order valence-electron chi connectivity index (χ0n) is 18.9. The van der Waals surface area contributed by atoms with Gasteiger partial charge in [-0.15, -0.1) is 0 Å². The highest BCUT2D eigenvalue weighted by Gasteiger charge is 2.43. The van der Waals surface area contributed by atoms with E-state index in [1.807, 2.05) is 0 Å². The number of aliphatic hydroxyl groups is 4. The molecule has 0 radical (unpaired) electrons. The van der Waals surface area contributed by atoms with Gasteiger partial charge in [-0.1, -0.05) is 63.3 Å². The fourth-order valence-electron chi connectivity index (χ4n) is 3.40. The van der Waals surface area contributed by atoms with Crippen molar-refractivity contribution in [2.75, 3.05) is 6.61 Å². The van der Waals surface area contributed by atoms with E-state index in [0.29, 0.717) is 0 Å². The average Bonchev–Trinajstić information content (AvgIpc) is 2.76. The molecule has 0 aromatic carbocycles. The highest BCUT2D eigenvalue weighted by Crippen LogP contribution is 2.20. The lowest BCUT2D eigenvalue weighted by Crippen LogP contribution is -2.58. The second-order valence-electron chi connectivity index (χ2n) is 8.20. The Hall–Kier alpha value is -1.25. The second-order valence-corrected chi connectivity index (χ2v) is 8.20. The normalized spacial score (nSPS) is 26.7. The van der Waals surface area contributed by atoms with Crippen molar-refractivity contribution in [2.45, 2.75) is 115 Å². The van der Waals surface area contributed by atoms with Gasteiger partial charge in [-0.2, -0.15) is 0 Å². The van der Waals surface area contributed by atoms with E-state index in [-0.39, 0.29) is 13.0 Å². The smallest absolute Gasteiger partial charge is 0.305 e. The van der Waals surface area contributed by atoms with E-state index in [9.17, 15) is 25.2 Å². The summed E-state index contributed by atoms with van der Waals surface area (Å²) in [7, 11) is 0. The van der Waals surface area contributed by atoms with E-state index in [2.05, 4.69) is 31.2 Å². The number of rotatable bonds is 16. The van der Waals surface area contributed by atoms with E-state index in [4.69, 9.17) is 9.47 Å². The minimum atomic E-state index is -1.62. The van der Waals surface area contributed by atoms with Crippen LogP contribution < -0.4 is 0 Å². The molecule has 7 heteroatoms. The summed E-state index contributed by atoms with van der Waals surface area (Å²) in [4.78, 5) is 11.8. The van der Waals surface area contributed by atoms with Crippen LogP contribution in [0.15, 0.2) is 24.3 Å². The third-order valence-corrected chi connectivity index (χ3v) is 5.43. The number of ether oxygens (including phenoxy) is 2. The molecule has 5 atom stereocenters. The standard InChI is InChI=1S/C24H42O7/c1-2-3-4-5-6-7-8-9-10-11-12-13-14-15-16-17-20(25)30-18-19-21(26)22(27)23(28)24(29)31-19/h6-7,9-10,19,21-24,26-29H,2-5,8,11-18H2,1H3. The van der Waals surface area contributed by atoms with Crippen LogP contribution in [0.2, 0.25) is 0 Å². The molecule has 31 heavy (non-hydrogen) atoms. The van der Waals surface area contributed by atoms with Crippen LogP contribution in [0.3, 0.4) is 0 Å². The molecular formula is C24H42O7. The number of hydrogen-bond acceptors (Lipinski definition) is 7. The highest BCUT2D eigenvalue weighted by atomic mass is 16.6. The largest absolute Gasteiger partial charge is 0.463 e. The zero-order chi connectivity index (χ0) is 22.9. The van der Waals surface area contributed by atoms with Crippen molar-refractivity contribution in [2.24, 2.45) is 0 Å². The predicted octanol–water partition coefficient (Wildman–Crippen LogP) is 3.14. The summed E-state index contributed by atoms with van der Waals surface area (Å²) >= 11 is 0. The molecular weight excluding hydrogens is 400 g/mol. The Kier molecular flexibility index (Phi) is 15.5. The topological polar surface area (TPSA) is 116 Å². The van der Waals surface area contributed by atoms with Gasteiger partial charge in [0.15, 0.2) is 6.29 Å². The van der Waals surface area contributed by atoms with Crippen molar-refractivity contribution in [3.63, 3.8) is 0 Å². The Bertz CT molecular complexity index is 520. The molecule has 5 unspecified atom stereocenters.